The van der Waals surface area contributed by atoms with Crippen LogP contribution in [0.3, 0.4) is 0 Å². The molecule has 2 aliphatic rings. The van der Waals surface area contributed by atoms with Gasteiger partial charge in [0, 0.05) is 42.9 Å². The molecule has 0 radical (unpaired) electrons. The van der Waals surface area contributed by atoms with Crippen molar-refractivity contribution in [3.05, 3.63) is 59.3 Å². The standard InChI is InChI=1S/C25H29FN6/c1-17(18-5-4-8-28-15-18)13-20-22(14-27)30-25-23(20)24(21(26)16-29-25)32-11-6-19(7-12-32)31-9-2-3-10-31/h4-5,8,13-16,19H,1-3,6-7,9-12,27H2,(H,29,30)/b20-13+,22-14+. The zero-order chi connectivity index (χ0) is 22.1. The third-order valence-corrected chi connectivity index (χ3v) is 6.77. The number of halogens is 1. The second-order valence-electron chi connectivity index (χ2n) is 8.67. The molecule has 0 saturated carbocycles. The number of nitrogens with one attached hydrogen (secondary N) is 1. The fourth-order valence-corrected chi connectivity index (χ4v) is 5.12. The van der Waals surface area contributed by atoms with Crippen LogP contribution in [0.2, 0.25) is 0 Å². The zero-order valence-corrected chi connectivity index (χ0v) is 18.2. The first-order valence-electron chi connectivity index (χ1n) is 11.3. The predicted molar refractivity (Wildman–Crippen MR) is 128 cm³/mol. The third-order valence-electron chi connectivity index (χ3n) is 6.77. The molecule has 0 spiro atoms. The van der Waals surface area contributed by atoms with Crippen LogP contribution < -0.4 is 21.2 Å². The highest BCUT2D eigenvalue weighted by molar-refractivity contribution is 5.96. The number of rotatable bonds is 4. The van der Waals surface area contributed by atoms with E-state index in [9.17, 15) is 0 Å². The van der Waals surface area contributed by atoms with Crippen molar-refractivity contribution in [2.75, 3.05) is 31.1 Å². The van der Waals surface area contributed by atoms with Crippen LogP contribution in [0.1, 0.15) is 31.2 Å². The van der Waals surface area contributed by atoms with Crippen LogP contribution >= 0.6 is 0 Å². The van der Waals surface area contributed by atoms with E-state index in [1.807, 2.05) is 18.2 Å². The largest absolute Gasteiger partial charge is 0.403 e. The number of hydrogen-bond donors (Lipinski definition) is 2. The molecule has 7 heteroatoms. The highest BCUT2D eigenvalue weighted by Gasteiger charge is 2.28. The molecule has 166 valence electrons. The molecular formula is C25H29FN6. The summed E-state index contributed by atoms with van der Waals surface area (Å²) in [5.41, 5.74) is 8.84. The molecule has 0 bridgehead atoms. The van der Waals surface area contributed by atoms with Crippen LogP contribution in [0.15, 0.2) is 37.3 Å². The van der Waals surface area contributed by atoms with Crippen LogP contribution in [-0.2, 0) is 0 Å². The fraction of sp³-hybridized carbons (Fsp3) is 0.360. The van der Waals surface area contributed by atoms with Crippen LogP contribution in [0.5, 0.6) is 0 Å². The van der Waals surface area contributed by atoms with Crippen LogP contribution in [0, 0.1) is 5.82 Å². The number of aromatic amines is 1. The Morgan fingerprint density at radius 1 is 1.19 bits per heavy atom. The average molecular weight is 433 g/mol. The Bertz CT molecular complexity index is 1230. The lowest BCUT2D eigenvalue weighted by molar-refractivity contribution is 0.207. The molecule has 0 aliphatic carbocycles. The van der Waals surface area contributed by atoms with Crippen LogP contribution in [-0.4, -0.2) is 52.1 Å². The molecule has 0 unspecified atom stereocenters. The van der Waals surface area contributed by atoms with Gasteiger partial charge in [-0.25, -0.2) is 9.37 Å². The third kappa shape index (κ3) is 3.77. The Balaban J connectivity index is 1.56. The quantitative estimate of drug-likeness (QED) is 0.662. The number of fused-ring (bicyclic) bond motifs is 1. The van der Waals surface area contributed by atoms with Gasteiger partial charge in [0.1, 0.15) is 5.65 Å². The van der Waals surface area contributed by atoms with Gasteiger partial charge in [0.25, 0.3) is 0 Å². The van der Waals surface area contributed by atoms with E-state index in [1.165, 1.54) is 38.3 Å². The Hall–Kier alpha value is -3.19. The molecule has 3 N–H and O–H groups in total. The van der Waals surface area contributed by atoms with E-state index >= 15 is 4.39 Å². The minimum absolute atomic E-state index is 0.304. The molecule has 2 fully saturated rings. The average Bonchev–Trinajstić information content (AvgIpc) is 3.49. The number of nitrogens with two attached hydrogens (primary N) is 1. The fourth-order valence-electron chi connectivity index (χ4n) is 5.12. The summed E-state index contributed by atoms with van der Waals surface area (Å²) in [5.74, 6) is -0.304. The summed E-state index contributed by atoms with van der Waals surface area (Å²) in [6.07, 6.45) is 12.9. The van der Waals surface area contributed by atoms with E-state index in [1.54, 1.807) is 12.4 Å². The summed E-state index contributed by atoms with van der Waals surface area (Å²) < 4.78 is 15.2. The predicted octanol–water partition coefficient (Wildman–Crippen LogP) is 2.35. The maximum absolute atomic E-state index is 15.2. The van der Waals surface area contributed by atoms with Crippen LogP contribution in [0.25, 0.3) is 28.9 Å². The van der Waals surface area contributed by atoms with E-state index in [2.05, 4.69) is 31.3 Å². The maximum atomic E-state index is 15.2. The molecular weight excluding hydrogens is 403 g/mol. The first-order chi connectivity index (χ1) is 15.7. The number of allylic oxidation sites excluding steroid dienone is 1. The Labute approximate surface area is 187 Å². The summed E-state index contributed by atoms with van der Waals surface area (Å²) in [6.45, 7) is 8.25. The molecule has 5 heterocycles. The van der Waals surface area contributed by atoms with Crippen molar-refractivity contribution >= 4 is 34.6 Å². The van der Waals surface area contributed by atoms with Crippen molar-refractivity contribution in [3.63, 3.8) is 0 Å². The van der Waals surface area contributed by atoms with Crippen molar-refractivity contribution in [1.82, 2.24) is 19.9 Å². The second-order valence-corrected chi connectivity index (χ2v) is 8.67. The van der Waals surface area contributed by atoms with E-state index in [4.69, 9.17) is 5.73 Å². The SMILES string of the molecule is C=C(/C=c1\c(=C/N)[nH]c2ncc(F)c(N3CCC(N4CCCC4)CC3)c12)c1cccnc1. The number of likely N-dealkylation sites (tertiary alicyclic amines) is 1. The second kappa shape index (κ2) is 8.74. The van der Waals surface area contributed by atoms with Gasteiger partial charge in [-0.3, -0.25) is 4.98 Å². The molecule has 0 aromatic carbocycles. The van der Waals surface area contributed by atoms with Gasteiger partial charge < -0.3 is 20.5 Å². The summed E-state index contributed by atoms with van der Waals surface area (Å²) in [5, 5.41) is 2.27. The first kappa shape index (κ1) is 20.7. The van der Waals surface area contributed by atoms with Gasteiger partial charge in [0.05, 0.1) is 22.6 Å². The van der Waals surface area contributed by atoms with Gasteiger partial charge in [-0.15, -0.1) is 0 Å². The van der Waals surface area contributed by atoms with E-state index < -0.39 is 0 Å². The maximum Gasteiger partial charge on any atom is 0.165 e. The number of hydrogen-bond acceptors (Lipinski definition) is 5. The number of piperidine rings is 1. The lowest BCUT2D eigenvalue weighted by Crippen LogP contribution is -2.44. The smallest absolute Gasteiger partial charge is 0.165 e. The van der Waals surface area contributed by atoms with Crippen LogP contribution in [0.4, 0.5) is 10.1 Å². The summed E-state index contributed by atoms with van der Waals surface area (Å²) in [6, 6.07) is 4.43. The van der Waals surface area contributed by atoms with Crippen molar-refractivity contribution in [2.24, 2.45) is 5.73 Å². The highest BCUT2D eigenvalue weighted by atomic mass is 19.1. The number of anilines is 1. The Kier molecular flexibility index (Phi) is 5.66. The lowest BCUT2D eigenvalue weighted by atomic mass is 10.0. The first-order valence-corrected chi connectivity index (χ1v) is 11.3. The van der Waals surface area contributed by atoms with Gasteiger partial charge in [-0.1, -0.05) is 12.6 Å². The van der Waals surface area contributed by atoms with E-state index in [0.29, 0.717) is 22.7 Å². The number of aromatic nitrogens is 3. The normalized spacial score (nSPS) is 19.3. The van der Waals surface area contributed by atoms with Crippen molar-refractivity contribution in [3.8, 4) is 0 Å². The molecule has 2 saturated heterocycles. The van der Waals surface area contributed by atoms with Crippen molar-refractivity contribution in [2.45, 2.75) is 31.7 Å². The van der Waals surface area contributed by atoms with Crippen molar-refractivity contribution in [1.29, 1.82) is 0 Å². The van der Waals surface area contributed by atoms with Gasteiger partial charge in [0.2, 0.25) is 0 Å². The summed E-state index contributed by atoms with van der Waals surface area (Å²) in [7, 11) is 0. The molecule has 5 rings (SSSR count). The van der Waals surface area contributed by atoms with Gasteiger partial charge in [0.15, 0.2) is 5.82 Å². The topological polar surface area (TPSA) is 74.1 Å². The zero-order valence-electron chi connectivity index (χ0n) is 18.2. The van der Waals surface area contributed by atoms with Crippen molar-refractivity contribution < 1.29 is 4.39 Å². The molecule has 3 aromatic heterocycles. The van der Waals surface area contributed by atoms with E-state index in [-0.39, 0.29) is 5.82 Å². The summed E-state index contributed by atoms with van der Waals surface area (Å²) >= 11 is 0. The number of H-pyrrole nitrogens is 1. The Morgan fingerprint density at radius 2 is 1.97 bits per heavy atom. The minimum Gasteiger partial charge on any atom is -0.403 e. The summed E-state index contributed by atoms with van der Waals surface area (Å²) in [4.78, 5) is 16.5. The molecule has 2 aliphatic heterocycles. The molecule has 0 atom stereocenters. The van der Waals surface area contributed by atoms with E-state index in [0.717, 1.165) is 47.7 Å². The van der Waals surface area contributed by atoms with Gasteiger partial charge >= 0.3 is 0 Å². The highest BCUT2D eigenvalue weighted by Crippen LogP contribution is 2.30. The van der Waals surface area contributed by atoms with Gasteiger partial charge in [-0.05, 0) is 62.1 Å². The lowest BCUT2D eigenvalue weighted by Gasteiger charge is -2.38. The Morgan fingerprint density at radius 3 is 2.66 bits per heavy atom. The van der Waals surface area contributed by atoms with Gasteiger partial charge in [-0.2, -0.15) is 0 Å². The number of pyridine rings is 2. The molecule has 6 nitrogen and oxygen atoms in total. The molecule has 32 heavy (non-hydrogen) atoms. The minimum atomic E-state index is -0.304. The number of nitrogens with zero attached hydrogens (tertiary/aromatic N) is 4. The molecule has 0 amide bonds. The molecule has 3 aromatic rings. The monoisotopic (exact) mass is 432 g/mol.